The van der Waals surface area contributed by atoms with Gasteiger partial charge in [0.1, 0.15) is 0 Å². The minimum Gasteiger partial charge on any atom is -0.376 e. The average molecular weight is 451 g/mol. The van der Waals surface area contributed by atoms with Crippen LogP contribution in [-0.2, 0) is 11.3 Å². The highest BCUT2D eigenvalue weighted by atomic mass is 32.1. The first-order valence-corrected chi connectivity index (χ1v) is 11.5. The monoisotopic (exact) mass is 450 g/mol. The number of aromatic amines is 1. The number of aromatic nitrogens is 2. The lowest BCUT2D eigenvalue weighted by molar-refractivity contribution is 0.0747. The van der Waals surface area contributed by atoms with Gasteiger partial charge in [0, 0.05) is 44.0 Å². The number of H-pyrrole nitrogens is 1. The minimum atomic E-state index is -0.144. The maximum Gasteiger partial charge on any atom is 0.262 e. The molecular weight excluding hydrogens is 424 g/mol. The molecule has 2 aromatic carbocycles. The summed E-state index contributed by atoms with van der Waals surface area (Å²) in [5.41, 5.74) is 2.19. The van der Waals surface area contributed by atoms with E-state index in [9.17, 15) is 9.59 Å². The number of carbonyl (C=O) groups excluding carboxylic acids is 1. The van der Waals surface area contributed by atoms with Crippen LogP contribution in [0.4, 0.5) is 5.69 Å². The molecule has 32 heavy (non-hydrogen) atoms. The number of para-hydroxylation sites is 1. The Morgan fingerprint density at radius 1 is 1.09 bits per heavy atom. The van der Waals surface area contributed by atoms with Crippen LogP contribution in [0, 0.1) is 4.77 Å². The van der Waals surface area contributed by atoms with Crippen LogP contribution in [0.15, 0.2) is 53.3 Å². The second-order valence-electron chi connectivity index (χ2n) is 8.36. The van der Waals surface area contributed by atoms with Gasteiger partial charge in [0.05, 0.1) is 23.6 Å². The Kier molecular flexibility index (Phi) is 5.80. The van der Waals surface area contributed by atoms with E-state index in [1.54, 1.807) is 22.8 Å². The van der Waals surface area contributed by atoms with E-state index < -0.39 is 0 Å². The zero-order valence-corrected chi connectivity index (χ0v) is 18.6. The van der Waals surface area contributed by atoms with Crippen LogP contribution in [0.25, 0.3) is 10.9 Å². The summed E-state index contributed by atoms with van der Waals surface area (Å²) in [6.45, 7) is 4.08. The molecule has 5 rings (SSSR count). The number of anilines is 1. The van der Waals surface area contributed by atoms with Crippen LogP contribution < -0.4 is 10.5 Å². The van der Waals surface area contributed by atoms with Gasteiger partial charge < -0.3 is 19.5 Å². The van der Waals surface area contributed by atoms with Crippen molar-refractivity contribution >= 4 is 34.7 Å². The van der Waals surface area contributed by atoms with Crippen molar-refractivity contribution in [1.82, 2.24) is 14.5 Å². The zero-order valence-electron chi connectivity index (χ0n) is 17.8. The van der Waals surface area contributed by atoms with Crippen LogP contribution >= 0.6 is 12.2 Å². The number of fused-ring (bicyclic) bond motifs is 1. The lowest BCUT2D eigenvalue weighted by Gasteiger charge is -2.36. The molecule has 0 unspecified atom stereocenters. The molecule has 1 N–H and O–H groups in total. The van der Waals surface area contributed by atoms with E-state index in [2.05, 4.69) is 22.0 Å². The molecular formula is C24H26N4O3S. The van der Waals surface area contributed by atoms with Crippen LogP contribution in [0.1, 0.15) is 23.2 Å². The lowest BCUT2D eigenvalue weighted by atomic mass is 10.1. The number of carbonyl (C=O) groups is 1. The van der Waals surface area contributed by atoms with Crippen LogP contribution in [0.3, 0.4) is 0 Å². The Bertz CT molecular complexity index is 1240. The van der Waals surface area contributed by atoms with Crippen molar-refractivity contribution in [2.24, 2.45) is 0 Å². The number of nitrogens with one attached hydrogen (secondary N) is 1. The van der Waals surface area contributed by atoms with Gasteiger partial charge in [0.2, 0.25) is 0 Å². The number of amides is 1. The van der Waals surface area contributed by atoms with Gasteiger partial charge in [-0.1, -0.05) is 18.2 Å². The first-order valence-electron chi connectivity index (χ1n) is 11.1. The van der Waals surface area contributed by atoms with E-state index >= 15 is 0 Å². The predicted octanol–water partition coefficient (Wildman–Crippen LogP) is 3.20. The summed E-state index contributed by atoms with van der Waals surface area (Å²) in [6, 6.07) is 15.5. The molecule has 8 heteroatoms. The molecule has 3 aromatic rings. The van der Waals surface area contributed by atoms with Crippen molar-refractivity contribution in [3.8, 4) is 0 Å². The molecule has 1 amide bonds. The van der Waals surface area contributed by atoms with E-state index in [-0.39, 0.29) is 17.6 Å². The number of hydrogen-bond acceptors (Lipinski definition) is 5. The quantitative estimate of drug-likeness (QED) is 0.618. The number of benzene rings is 2. The smallest absolute Gasteiger partial charge is 0.262 e. The number of ether oxygens (including phenoxy) is 1. The average Bonchev–Trinajstić information content (AvgIpc) is 3.35. The van der Waals surface area contributed by atoms with E-state index in [1.165, 1.54) is 5.69 Å². The van der Waals surface area contributed by atoms with Gasteiger partial charge in [0.25, 0.3) is 11.5 Å². The molecule has 0 spiro atoms. The Hall–Kier alpha value is -2.97. The molecule has 2 saturated heterocycles. The van der Waals surface area contributed by atoms with Crippen LogP contribution in [0.5, 0.6) is 0 Å². The Balaban J connectivity index is 1.34. The summed E-state index contributed by atoms with van der Waals surface area (Å²) >= 11 is 5.45. The van der Waals surface area contributed by atoms with Gasteiger partial charge in [-0.2, -0.15) is 0 Å². The molecule has 1 atom stereocenters. The molecule has 2 fully saturated rings. The number of hydrogen-bond donors (Lipinski definition) is 1. The Morgan fingerprint density at radius 3 is 2.59 bits per heavy atom. The fourth-order valence-corrected chi connectivity index (χ4v) is 4.80. The number of piperazine rings is 1. The molecule has 0 bridgehead atoms. The normalized spacial score (nSPS) is 18.9. The van der Waals surface area contributed by atoms with E-state index in [0.717, 1.165) is 32.5 Å². The molecule has 0 aliphatic carbocycles. The van der Waals surface area contributed by atoms with E-state index in [4.69, 9.17) is 17.0 Å². The van der Waals surface area contributed by atoms with Crippen molar-refractivity contribution in [3.05, 3.63) is 69.2 Å². The van der Waals surface area contributed by atoms with Gasteiger partial charge in [-0.05, 0) is 55.4 Å². The highest BCUT2D eigenvalue weighted by molar-refractivity contribution is 7.71. The van der Waals surface area contributed by atoms with Gasteiger partial charge in [-0.15, -0.1) is 0 Å². The van der Waals surface area contributed by atoms with Crippen molar-refractivity contribution in [1.29, 1.82) is 0 Å². The fraction of sp³-hybridized carbons (Fsp3) is 0.375. The molecule has 0 radical (unpaired) electrons. The third-order valence-corrected chi connectivity index (χ3v) is 6.65. The van der Waals surface area contributed by atoms with Gasteiger partial charge >= 0.3 is 0 Å². The molecule has 3 heterocycles. The third kappa shape index (κ3) is 4.08. The second-order valence-corrected chi connectivity index (χ2v) is 8.74. The van der Waals surface area contributed by atoms with E-state index in [1.807, 2.05) is 23.1 Å². The highest BCUT2D eigenvalue weighted by Gasteiger charge is 2.23. The van der Waals surface area contributed by atoms with Gasteiger partial charge in [-0.3, -0.25) is 14.2 Å². The van der Waals surface area contributed by atoms with Crippen molar-refractivity contribution in [2.45, 2.75) is 25.5 Å². The first kappa shape index (κ1) is 20.9. The Morgan fingerprint density at radius 2 is 1.88 bits per heavy atom. The largest absolute Gasteiger partial charge is 0.376 e. The molecule has 1 aromatic heterocycles. The number of nitrogens with zero attached hydrogens (tertiary/aromatic N) is 3. The fourth-order valence-electron chi connectivity index (χ4n) is 4.53. The number of rotatable bonds is 4. The summed E-state index contributed by atoms with van der Waals surface area (Å²) in [5, 5.41) is 0.530. The highest BCUT2D eigenvalue weighted by Crippen LogP contribution is 2.19. The molecule has 0 saturated carbocycles. The zero-order chi connectivity index (χ0) is 22.1. The predicted molar refractivity (Wildman–Crippen MR) is 127 cm³/mol. The maximum absolute atomic E-state index is 13.1. The molecule has 7 nitrogen and oxygen atoms in total. The third-order valence-electron chi connectivity index (χ3n) is 6.33. The standard InChI is InChI=1S/C24H26N4O3S/c29-22(27-12-10-26(11-13-27)18-5-2-1-3-6-18)17-8-9-20-21(15-17)25-24(32)28(23(20)30)16-19-7-4-14-31-19/h1-3,5-6,8-9,15,19H,4,7,10-14,16H2,(H,25,32)/t19-/m1/s1. The van der Waals surface area contributed by atoms with Crippen molar-refractivity contribution < 1.29 is 9.53 Å². The summed E-state index contributed by atoms with van der Waals surface area (Å²) in [7, 11) is 0. The van der Waals surface area contributed by atoms with Gasteiger partial charge in [-0.25, -0.2) is 0 Å². The topological polar surface area (TPSA) is 70.6 Å². The summed E-state index contributed by atoms with van der Waals surface area (Å²) in [5.74, 6) is -0.0255. The molecule has 166 valence electrons. The maximum atomic E-state index is 13.1. The van der Waals surface area contributed by atoms with Crippen LogP contribution in [0.2, 0.25) is 0 Å². The Labute approximate surface area is 191 Å². The summed E-state index contributed by atoms with van der Waals surface area (Å²) in [6.07, 6.45) is 1.97. The summed E-state index contributed by atoms with van der Waals surface area (Å²) < 4.78 is 7.59. The van der Waals surface area contributed by atoms with Gasteiger partial charge in [0.15, 0.2) is 4.77 Å². The van der Waals surface area contributed by atoms with Crippen molar-refractivity contribution in [2.75, 3.05) is 37.7 Å². The minimum absolute atomic E-state index is 0.0238. The molecule has 2 aliphatic rings. The SMILES string of the molecule is O=C(c1ccc2c(=O)n(C[C@H]3CCCO3)c(=S)[nH]c2c1)N1CCN(c2ccccc2)CC1. The second kappa shape index (κ2) is 8.88. The van der Waals surface area contributed by atoms with Crippen LogP contribution in [-0.4, -0.2) is 59.2 Å². The summed E-state index contributed by atoms with van der Waals surface area (Å²) in [4.78, 5) is 33.4. The lowest BCUT2D eigenvalue weighted by Crippen LogP contribution is -2.48. The molecule has 2 aliphatic heterocycles. The van der Waals surface area contributed by atoms with Crippen molar-refractivity contribution in [3.63, 3.8) is 0 Å². The first-order chi connectivity index (χ1) is 15.6. The van der Waals surface area contributed by atoms with E-state index in [0.29, 0.717) is 40.9 Å².